The molecule has 2 aromatic carbocycles. The Morgan fingerprint density at radius 1 is 1.10 bits per heavy atom. The van der Waals surface area contributed by atoms with Crippen LogP contribution in [0.4, 0.5) is 0 Å². The van der Waals surface area contributed by atoms with Crippen molar-refractivity contribution in [2.24, 2.45) is 11.3 Å². The highest BCUT2D eigenvalue weighted by molar-refractivity contribution is 7.04. The van der Waals surface area contributed by atoms with Crippen LogP contribution >= 0.6 is 0 Å². The van der Waals surface area contributed by atoms with Gasteiger partial charge < -0.3 is 9.84 Å². The van der Waals surface area contributed by atoms with Crippen molar-refractivity contribution in [1.29, 1.82) is 0 Å². The molecular weight excluding hydrogens is 376 g/mol. The van der Waals surface area contributed by atoms with Crippen molar-refractivity contribution in [2.45, 2.75) is 58.2 Å². The number of rotatable bonds is 7. The zero-order valence-corrected chi connectivity index (χ0v) is 19.3. The van der Waals surface area contributed by atoms with E-state index in [0.717, 1.165) is 6.04 Å². The molecule has 29 heavy (non-hydrogen) atoms. The number of esters is 1. The molecule has 1 aliphatic rings. The summed E-state index contributed by atoms with van der Waals surface area (Å²) < 4.78 is 5.39. The average molecular weight is 411 g/mol. The third kappa shape index (κ3) is 3.69. The second kappa shape index (κ2) is 8.08. The number of aliphatic hydroxyl groups is 1. The fourth-order valence-corrected chi connectivity index (χ4v) is 11.1. The van der Waals surface area contributed by atoms with Crippen molar-refractivity contribution in [2.75, 3.05) is 6.61 Å². The summed E-state index contributed by atoms with van der Waals surface area (Å²) in [5, 5.41) is 13.4. The van der Waals surface area contributed by atoms with Gasteiger partial charge in [0.05, 0.1) is 18.1 Å². The third-order valence-electron chi connectivity index (χ3n) is 6.92. The summed E-state index contributed by atoms with van der Waals surface area (Å²) in [6.07, 6.45) is -0.00154. The molecule has 0 saturated heterocycles. The predicted molar refractivity (Wildman–Crippen MR) is 121 cm³/mol. The Morgan fingerprint density at radius 3 is 1.97 bits per heavy atom. The van der Waals surface area contributed by atoms with Crippen LogP contribution in [-0.4, -0.2) is 31.9 Å². The van der Waals surface area contributed by atoms with Crippen molar-refractivity contribution < 1.29 is 14.6 Å². The second-order valence-electron chi connectivity index (χ2n) is 9.43. The number of benzene rings is 2. The lowest BCUT2D eigenvalue weighted by molar-refractivity contribution is -0.154. The van der Waals surface area contributed by atoms with E-state index in [1.807, 2.05) is 6.92 Å². The highest BCUT2D eigenvalue weighted by atomic mass is 28.3. The van der Waals surface area contributed by atoms with Gasteiger partial charge in [0.2, 0.25) is 0 Å². The Labute approximate surface area is 176 Å². The molecule has 3 nitrogen and oxygen atoms in total. The van der Waals surface area contributed by atoms with E-state index in [1.54, 1.807) is 6.92 Å². The Balaban J connectivity index is 2.12. The second-order valence-corrected chi connectivity index (χ2v) is 14.3. The van der Waals surface area contributed by atoms with E-state index in [4.69, 9.17) is 4.74 Å². The fourth-order valence-electron chi connectivity index (χ4n) is 5.19. The molecule has 156 valence electrons. The molecule has 0 aliphatic heterocycles. The predicted octanol–water partition coefficient (Wildman–Crippen LogP) is 4.00. The molecule has 3 rings (SSSR count). The summed E-state index contributed by atoms with van der Waals surface area (Å²) in [5.74, 6) is -0.106. The van der Waals surface area contributed by atoms with Crippen LogP contribution in [0.1, 0.15) is 41.0 Å². The molecule has 1 saturated carbocycles. The number of aliphatic hydroxyl groups excluding tert-OH is 1. The molecule has 0 spiro atoms. The van der Waals surface area contributed by atoms with Crippen LogP contribution in [0.25, 0.3) is 0 Å². The minimum atomic E-state index is -2.27. The highest BCUT2D eigenvalue weighted by Gasteiger charge is 2.67. The van der Waals surface area contributed by atoms with Crippen LogP contribution in [0, 0.1) is 11.3 Å². The maximum Gasteiger partial charge on any atom is 0.314 e. The first-order valence-electron chi connectivity index (χ1n) is 10.7. The van der Waals surface area contributed by atoms with Crippen LogP contribution in [0.15, 0.2) is 60.7 Å². The standard InChI is InChI=1S/C25H34O3Si/c1-6-28-23(27)25(19(2)26)17-20(25)18-29(24(3,4)5,21-13-9-7-10-14-21)22-15-11-8-12-16-22/h7-16,19-20,26H,6,17-18H2,1-5H3/t19?,20-,25-/m1/s1. The van der Waals surface area contributed by atoms with Crippen LogP contribution in [0.2, 0.25) is 11.1 Å². The third-order valence-corrected chi connectivity index (χ3v) is 13.2. The first kappa shape index (κ1) is 21.8. The summed E-state index contributed by atoms with van der Waals surface area (Å²) in [6.45, 7) is 10.9. The Morgan fingerprint density at radius 2 is 1.59 bits per heavy atom. The van der Waals surface area contributed by atoms with Crippen molar-refractivity contribution in [3.05, 3.63) is 60.7 Å². The highest BCUT2D eigenvalue weighted by Crippen LogP contribution is 2.61. The Bertz CT molecular complexity index is 787. The molecule has 0 aromatic heterocycles. The number of ether oxygens (including phenoxy) is 1. The van der Waals surface area contributed by atoms with Crippen LogP contribution in [-0.2, 0) is 9.53 Å². The van der Waals surface area contributed by atoms with Gasteiger partial charge in [-0.3, -0.25) is 4.79 Å². The van der Waals surface area contributed by atoms with Gasteiger partial charge in [-0.15, -0.1) is 0 Å². The molecule has 2 aromatic rings. The molecule has 1 fully saturated rings. The molecule has 0 amide bonds. The van der Waals surface area contributed by atoms with Gasteiger partial charge in [0.1, 0.15) is 8.07 Å². The minimum Gasteiger partial charge on any atom is -0.465 e. The zero-order valence-electron chi connectivity index (χ0n) is 18.3. The number of hydrogen-bond donors (Lipinski definition) is 1. The van der Waals surface area contributed by atoms with E-state index >= 15 is 0 Å². The van der Waals surface area contributed by atoms with Gasteiger partial charge in [0, 0.05) is 0 Å². The largest absolute Gasteiger partial charge is 0.465 e. The smallest absolute Gasteiger partial charge is 0.314 e. The number of hydrogen-bond acceptors (Lipinski definition) is 3. The summed E-state index contributed by atoms with van der Waals surface area (Å²) in [7, 11) is -2.27. The van der Waals surface area contributed by atoms with E-state index in [9.17, 15) is 9.90 Å². The normalized spacial score (nSPS) is 22.8. The molecule has 1 N–H and O–H groups in total. The summed E-state index contributed by atoms with van der Waals surface area (Å²) >= 11 is 0. The van der Waals surface area contributed by atoms with Crippen molar-refractivity contribution in [1.82, 2.24) is 0 Å². The quantitative estimate of drug-likeness (QED) is 0.554. The topological polar surface area (TPSA) is 46.5 Å². The van der Waals surface area contributed by atoms with Gasteiger partial charge in [0.25, 0.3) is 0 Å². The molecule has 1 unspecified atom stereocenters. The van der Waals surface area contributed by atoms with Gasteiger partial charge in [-0.05, 0) is 37.3 Å². The van der Waals surface area contributed by atoms with Crippen molar-refractivity contribution >= 4 is 24.4 Å². The van der Waals surface area contributed by atoms with Gasteiger partial charge in [-0.1, -0.05) is 91.8 Å². The number of carbonyl (C=O) groups excluding carboxylic acids is 1. The first-order valence-corrected chi connectivity index (χ1v) is 12.9. The van der Waals surface area contributed by atoms with Crippen LogP contribution in [0.5, 0.6) is 0 Å². The molecule has 0 heterocycles. The van der Waals surface area contributed by atoms with E-state index in [-0.39, 0.29) is 16.9 Å². The van der Waals surface area contributed by atoms with E-state index in [2.05, 4.69) is 81.4 Å². The summed E-state index contributed by atoms with van der Waals surface area (Å²) in [6, 6.07) is 22.5. The Hall–Kier alpha value is -1.91. The lowest BCUT2D eigenvalue weighted by Crippen LogP contribution is -2.64. The molecule has 0 bridgehead atoms. The number of carbonyl (C=O) groups is 1. The van der Waals surface area contributed by atoms with Crippen LogP contribution < -0.4 is 10.4 Å². The molecule has 3 atom stereocenters. The van der Waals surface area contributed by atoms with Gasteiger partial charge >= 0.3 is 5.97 Å². The SMILES string of the molecule is CCOC(=O)[C@@]1(C(C)O)C[C@@H]1C[Si](c1ccccc1)(c1ccccc1)C(C)(C)C. The molecule has 4 heteroatoms. The van der Waals surface area contributed by atoms with Gasteiger partial charge in [0.15, 0.2) is 0 Å². The van der Waals surface area contributed by atoms with Crippen LogP contribution in [0.3, 0.4) is 0 Å². The first-order chi connectivity index (χ1) is 13.7. The minimum absolute atomic E-state index is 0.0391. The van der Waals surface area contributed by atoms with Gasteiger partial charge in [-0.25, -0.2) is 0 Å². The maximum atomic E-state index is 12.8. The summed E-state index contributed by atoms with van der Waals surface area (Å²) in [4.78, 5) is 12.8. The van der Waals surface area contributed by atoms with E-state index < -0.39 is 19.6 Å². The van der Waals surface area contributed by atoms with Gasteiger partial charge in [-0.2, -0.15) is 0 Å². The Kier molecular flexibility index (Phi) is 6.07. The van der Waals surface area contributed by atoms with Crippen molar-refractivity contribution in [3.63, 3.8) is 0 Å². The molecule has 1 aliphatic carbocycles. The summed E-state index contributed by atoms with van der Waals surface area (Å²) in [5.41, 5.74) is -0.761. The lowest BCUT2D eigenvalue weighted by atomic mass is 9.98. The zero-order chi connectivity index (χ0) is 21.3. The molecule has 0 radical (unpaired) electrons. The van der Waals surface area contributed by atoms with E-state index in [0.29, 0.717) is 13.0 Å². The van der Waals surface area contributed by atoms with E-state index in [1.165, 1.54) is 10.4 Å². The van der Waals surface area contributed by atoms with Crippen molar-refractivity contribution in [3.8, 4) is 0 Å². The fraction of sp³-hybridized carbons (Fsp3) is 0.480. The monoisotopic (exact) mass is 410 g/mol. The average Bonchev–Trinajstić information content (AvgIpc) is 3.42. The molecular formula is C25H34O3Si. The lowest BCUT2D eigenvalue weighted by Gasteiger charge is -2.45. The maximum absolute atomic E-state index is 12.8.